The van der Waals surface area contributed by atoms with E-state index >= 15 is 0 Å². The van der Waals surface area contributed by atoms with E-state index in [0.717, 1.165) is 32.1 Å². The monoisotopic (exact) mass is 980 g/mol. The van der Waals surface area contributed by atoms with Crippen molar-refractivity contribution in [1.82, 2.24) is 0 Å². The van der Waals surface area contributed by atoms with Crippen LogP contribution in [0.15, 0.2) is 11.6 Å². The predicted octanol–water partition coefficient (Wildman–Crippen LogP) is -5.22. The van der Waals surface area contributed by atoms with E-state index in [4.69, 9.17) is 37.9 Å². The Kier molecular flexibility index (Phi) is 16.2. The highest BCUT2D eigenvalue weighted by molar-refractivity contribution is 5.80. The number of hydrogen-bond donors (Lipinski definition) is 14. The number of carbonyl (C=O) groups is 1. The lowest BCUT2D eigenvalue weighted by Crippen LogP contribution is -2.65. The average molecular weight is 981 g/mol. The van der Waals surface area contributed by atoms with Gasteiger partial charge in [0.15, 0.2) is 25.2 Å². The average Bonchev–Trinajstić information content (AvgIpc) is 3.62. The Labute approximate surface area is 392 Å². The summed E-state index contributed by atoms with van der Waals surface area (Å²) in [6, 6.07) is 0. The molecular weight excluding hydrogens is 908 g/mol. The Morgan fingerprint density at radius 2 is 1.10 bits per heavy atom. The molecular formula is C45H72O23. The summed E-state index contributed by atoms with van der Waals surface area (Å²) in [5.41, 5.74) is 0.760. The van der Waals surface area contributed by atoms with Gasteiger partial charge in [-0.1, -0.05) is 25.5 Å². The number of allylic oxidation sites excluding steroid dienone is 1. The maximum Gasteiger partial charge on any atom is 0.187 e. The van der Waals surface area contributed by atoms with Gasteiger partial charge < -0.3 is 109 Å². The number of rotatable bonds is 13. The van der Waals surface area contributed by atoms with Crippen LogP contribution in [0.4, 0.5) is 0 Å². The molecule has 8 aliphatic rings. The van der Waals surface area contributed by atoms with Gasteiger partial charge in [0, 0.05) is 5.92 Å². The van der Waals surface area contributed by atoms with E-state index in [9.17, 15) is 76.3 Å². The van der Waals surface area contributed by atoms with Gasteiger partial charge in [0.2, 0.25) is 0 Å². The van der Waals surface area contributed by atoms with Crippen LogP contribution in [0.25, 0.3) is 0 Å². The molecule has 8 rings (SSSR count). The van der Waals surface area contributed by atoms with Crippen LogP contribution in [0.3, 0.4) is 0 Å². The molecule has 7 fully saturated rings. The first-order valence-corrected chi connectivity index (χ1v) is 23.9. The van der Waals surface area contributed by atoms with E-state index in [2.05, 4.69) is 19.9 Å². The van der Waals surface area contributed by atoms with E-state index < -0.39 is 167 Å². The standard InChI is InChI=1S/C45H72O23/c1-16(48)27-22(11-21-19-5-4-17-10-18(49)6-8-44(17,2)20(19)7-9-45(21,27)3)63-41-37(59)34(56)30(52)25(66-41)15-62-43-39(68-42-38(60)33(55)29(51)24(13-47)65-42)35(57)31(53)26(67-43)14-61-40-36(58)32(54)28(50)23(12-46)64-40/h4,18-43,46-47,49-60H,5-15H2,1-3H3/t18-,19+,20-,21-,22+,23+,24+,25+,26+,27-,28+,29+,30+,31+,32-,33-,34-,35-,36+,37+,38+,39+,40+,41+,42-,43+,44-,45-/m0/s1. The van der Waals surface area contributed by atoms with Crippen molar-refractivity contribution in [3.05, 3.63) is 11.6 Å². The number of fused-ring (bicyclic) bond motifs is 5. The number of aliphatic hydroxyl groups is 14. The van der Waals surface area contributed by atoms with E-state index in [0.29, 0.717) is 18.8 Å². The molecule has 0 amide bonds. The highest BCUT2D eigenvalue weighted by Gasteiger charge is 2.64. The van der Waals surface area contributed by atoms with Crippen LogP contribution in [-0.2, 0) is 42.7 Å². The second kappa shape index (κ2) is 20.8. The number of ketones is 1. The fourth-order valence-corrected chi connectivity index (χ4v) is 13.1. The zero-order valence-electron chi connectivity index (χ0n) is 38.3. The highest BCUT2D eigenvalue weighted by Crippen LogP contribution is 2.67. The zero-order chi connectivity index (χ0) is 49.3. The first kappa shape index (κ1) is 52.8. The molecule has 0 aromatic carbocycles. The van der Waals surface area contributed by atoms with E-state index in [1.54, 1.807) is 0 Å². The lowest BCUT2D eigenvalue weighted by atomic mass is 9.47. The first-order chi connectivity index (χ1) is 32.1. The third kappa shape index (κ3) is 9.51. The van der Waals surface area contributed by atoms with Gasteiger partial charge in [0.25, 0.3) is 0 Å². The Morgan fingerprint density at radius 3 is 1.69 bits per heavy atom. The molecule has 4 heterocycles. The molecule has 68 heavy (non-hydrogen) atoms. The molecule has 14 N–H and O–H groups in total. The van der Waals surface area contributed by atoms with Gasteiger partial charge in [-0.15, -0.1) is 0 Å². The summed E-state index contributed by atoms with van der Waals surface area (Å²) >= 11 is 0. The lowest BCUT2D eigenvalue weighted by Gasteiger charge is -2.57. The van der Waals surface area contributed by atoms with Crippen molar-refractivity contribution < 1.29 is 114 Å². The van der Waals surface area contributed by atoms with Crippen LogP contribution in [0.1, 0.15) is 65.7 Å². The van der Waals surface area contributed by atoms with Gasteiger partial charge in [0.05, 0.1) is 38.6 Å². The summed E-state index contributed by atoms with van der Waals surface area (Å²) in [6.07, 6.45) is -28.9. The number of carbonyl (C=O) groups excluding carboxylic acids is 1. The minimum atomic E-state index is -2.01. The molecule has 0 radical (unpaired) electrons. The van der Waals surface area contributed by atoms with Gasteiger partial charge in [0.1, 0.15) is 103 Å². The molecule has 0 aromatic rings. The topological polar surface area (TPSA) is 374 Å². The highest BCUT2D eigenvalue weighted by atomic mass is 16.8. The van der Waals surface area contributed by atoms with Crippen molar-refractivity contribution in [2.24, 2.45) is 34.5 Å². The molecule has 0 bridgehead atoms. The lowest BCUT2D eigenvalue weighted by molar-refractivity contribution is -0.378. The Hall–Kier alpha value is -1.47. The van der Waals surface area contributed by atoms with Crippen LogP contribution in [0.2, 0.25) is 0 Å². The van der Waals surface area contributed by atoms with Crippen LogP contribution in [-0.4, -0.2) is 239 Å². The third-order valence-electron chi connectivity index (χ3n) is 17.0. The molecule has 4 aliphatic carbocycles. The molecule has 0 spiro atoms. The van der Waals surface area contributed by atoms with E-state index in [1.165, 1.54) is 12.5 Å². The number of hydrogen-bond acceptors (Lipinski definition) is 23. The Balaban J connectivity index is 0.990. The maximum atomic E-state index is 13.6. The number of ether oxygens (including phenoxy) is 8. The fourth-order valence-electron chi connectivity index (χ4n) is 13.1. The molecule has 3 saturated carbocycles. The van der Waals surface area contributed by atoms with Gasteiger partial charge in [-0.25, -0.2) is 0 Å². The van der Waals surface area contributed by atoms with Crippen molar-refractivity contribution in [3.8, 4) is 0 Å². The molecule has 4 saturated heterocycles. The Bertz CT molecular complexity index is 1750. The largest absolute Gasteiger partial charge is 0.394 e. The molecule has 23 nitrogen and oxygen atoms in total. The second-order valence-corrected chi connectivity index (χ2v) is 20.9. The summed E-state index contributed by atoms with van der Waals surface area (Å²) < 4.78 is 46.8. The predicted molar refractivity (Wildman–Crippen MR) is 224 cm³/mol. The summed E-state index contributed by atoms with van der Waals surface area (Å²) in [7, 11) is 0. The number of Topliss-reactive ketones (excluding diaryl/α,β-unsaturated/α-hetero) is 1. The van der Waals surface area contributed by atoms with Crippen molar-refractivity contribution in [2.45, 2.75) is 201 Å². The van der Waals surface area contributed by atoms with Gasteiger partial charge in [-0.2, -0.15) is 0 Å². The van der Waals surface area contributed by atoms with Crippen LogP contribution < -0.4 is 0 Å². The third-order valence-corrected chi connectivity index (χ3v) is 17.0. The van der Waals surface area contributed by atoms with Crippen molar-refractivity contribution in [3.63, 3.8) is 0 Å². The van der Waals surface area contributed by atoms with Crippen LogP contribution >= 0.6 is 0 Å². The van der Waals surface area contributed by atoms with Crippen LogP contribution in [0, 0.1) is 34.5 Å². The normalized spacial score (nSPS) is 54.0. The van der Waals surface area contributed by atoms with Gasteiger partial charge in [-0.05, 0) is 80.5 Å². The smallest absolute Gasteiger partial charge is 0.187 e. The van der Waals surface area contributed by atoms with Crippen molar-refractivity contribution in [1.29, 1.82) is 0 Å². The number of aliphatic hydroxyl groups excluding tert-OH is 14. The first-order valence-electron chi connectivity index (χ1n) is 23.9. The summed E-state index contributed by atoms with van der Waals surface area (Å²) in [5.74, 6) is -0.0776. The van der Waals surface area contributed by atoms with Gasteiger partial charge >= 0.3 is 0 Å². The summed E-state index contributed by atoms with van der Waals surface area (Å²) in [6.45, 7) is 2.90. The molecule has 23 heteroatoms. The Morgan fingerprint density at radius 1 is 0.603 bits per heavy atom. The summed E-state index contributed by atoms with van der Waals surface area (Å²) in [5, 5.41) is 149. The fraction of sp³-hybridized carbons (Fsp3) is 0.933. The molecule has 28 atom stereocenters. The second-order valence-electron chi connectivity index (χ2n) is 20.9. The minimum Gasteiger partial charge on any atom is -0.394 e. The van der Waals surface area contributed by atoms with E-state index in [1.807, 2.05) is 0 Å². The van der Waals surface area contributed by atoms with Crippen molar-refractivity contribution in [2.75, 3.05) is 26.4 Å². The summed E-state index contributed by atoms with van der Waals surface area (Å²) in [4.78, 5) is 13.6. The zero-order valence-corrected chi connectivity index (χ0v) is 38.3. The molecule has 4 aliphatic heterocycles. The minimum absolute atomic E-state index is 0.0560. The van der Waals surface area contributed by atoms with Crippen LogP contribution in [0.5, 0.6) is 0 Å². The molecule has 0 unspecified atom stereocenters. The van der Waals surface area contributed by atoms with E-state index in [-0.39, 0.29) is 29.1 Å². The quantitative estimate of drug-likeness (QED) is 0.0767. The van der Waals surface area contributed by atoms with Gasteiger partial charge in [-0.3, -0.25) is 4.79 Å². The SMILES string of the molecule is CC(=O)[C@H]1[C@H](O[C@@H]2O[C@H](CO[C@@H]3O[C@H](CO[C@@H]4O[C@H](CO)[C@@H](O)[C@H](O)[C@H]4O)[C@@H](O)[C@H](O)[C@H]3O[C@@H]3O[C@H](CO)[C@@H](O)[C@H](O)[C@H]3O)[C@@H](O)[C@H](O)[C@H]2O)C[C@H]2[C@@H]3CC=C4C[C@@H](O)CC[C@]4(C)[C@H]3CC[C@@]21C. The van der Waals surface area contributed by atoms with Crippen molar-refractivity contribution >= 4 is 5.78 Å². The maximum absolute atomic E-state index is 13.6. The molecule has 390 valence electrons. The molecule has 0 aromatic heterocycles.